The first-order chi connectivity index (χ1) is 15.1. The second-order valence-corrected chi connectivity index (χ2v) is 8.72. The molecule has 0 bridgehead atoms. The van der Waals surface area contributed by atoms with Gasteiger partial charge in [0.15, 0.2) is 0 Å². The van der Waals surface area contributed by atoms with Crippen LogP contribution in [0.2, 0.25) is 0 Å². The van der Waals surface area contributed by atoms with Gasteiger partial charge in [-0.1, -0.05) is 66.7 Å². The zero-order valence-corrected chi connectivity index (χ0v) is 19.1. The van der Waals surface area contributed by atoms with Crippen molar-refractivity contribution in [2.45, 2.75) is 25.7 Å². The average Bonchev–Trinajstić information content (AvgIpc) is 2.79. The van der Waals surface area contributed by atoms with Gasteiger partial charge in [-0.3, -0.25) is 0 Å². The molecule has 0 N–H and O–H groups in total. The molecule has 0 amide bonds. The summed E-state index contributed by atoms with van der Waals surface area (Å²) in [5.74, 6) is -0.195. The predicted octanol–water partition coefficient (Wildman–Crippen LogP) is 7.35. The smallest absolute Gasteiger partial charge is 0.131 e. The monoisotopic (exact) mass is 435 g/mol. The van der Waals surface area contributed by atoms with Crippen molar-refractivity contribution in [2.24, 2.45) is 0 Å². The van der Waals surface area contributed by atoms with Gasteiger partial charge in [-0.25, -0.2) is 8.70 Å². The molecule has 4 heteroatoms. The molecular weight excluding hydrogens is 405 g/mol. The lowest BCUT2D eigenvalue weighted by atomic mass is 9.97. The standard InChI is InChI=1S/C27H30FNOS/c1-4-5-7-21-9-13-23(14-10-21)25-17-18-26(27(28)20-25)24-15-11-22(12-16-24)8-6-19-29(2)31-30-3/h4,9-18,20H,1,5-8,19H2,2-3H3. The summed E-state index contributed by atoms with van der Waals surface area (Å²) in [4.78, 5) is 0. The van der Waals surface area contributed by atoms with Gasteiger partial charge in [0.05, 0.1) is 19.3 Å². The Morgan fingerprint density at radius 3 is 2.13 bits per heavy atom. The maximum Gasteiger partial charge on any atom is 0.131 e. The van der Waals surface area contributed by atoms with Gasteiger partial charge < -0.3 is 4.18 Å². The van der Waals surface area contributed by atoms with Crippen molar-refractivity contribution >= 4 is 12.2 Å². The van der Waals surface area contributed by atoms with Crippen LogP contribution in [0, 0.1) is 5.82 Å². The largest absolute Gasteiger partial charge is 0.304 e. The highest BCUT2D eigenvalue weighted by atomic mass is 32.2. The first-order valence-corrected chi connectivity index (χ1v) is 11.3. The molecule has 0 aromatic heterocycles. The third-order valence-electron chi connectivity index (χ3n) is 5.30. The molecule has 162 valence electrons. The molecule has 0 radical (unpaired) electrons. The second kappa shape index (κ2) is 11.8. The molecule has 0 aliphatic rings. The average molecular weight is 436 g/mol. The Balaban J connectivity index is 1.65. The molecule has 3 rings (SSSR count). The van der Waals surface area contributed by atoms with E-state index in [1.54, 1.807) is 13.2 Å². The fraction of sp³-hybridized carbons (Fsp3) is 0.259. The van der Waals surface area contributed by atoms with Gasteiger partial charge in [-0.15, -0.1) is 6.58 Å². The van der Waals surface area contributed by atoms with Gasteiger partial charge in [0, 0.05) is 12.1 Å². The summed E-state index contributed by atoms with van der Waals surface area (Å²) >= 11 is 1.36. The number of nitrogens with zero attached hydrogens (tertiary/aromatic N) is 1. The molecule has 0 unspecified atom stereocenters. The number of rotatable bonds is 11. The molecule has 0 aliphatic carbocycles. The van der Waals surface area contributed by atoms with E-state index >= 15 is 0 Å². The lowest BCUT2D eigenvalue weighted by molar-refractivity contribution is 0.431. The van der Waals surface area contributed by atoms with Crippen LogP contribution in [-0.2, 0) is 17.0 Å². The van der Waals surface area contributed by atoms with Crippen LogP contribution in [-0.4, -0.2) is 25.0 Å². The molecule has 2 nitrogen and oxygen atoms in total. The molecule has 0 aliphatic heterocycles. The lowest BCUT2D eigenvalue weighted by Crippen LogP contribution is -2.11. The molecule has 3 aromatic carbocycles. The van der Waals surface area contributed by atoms with E-state index in [9.17, 15) is 4.39 Å². The van der Waals surface area contributed by atoms with Crippen molar-refractivity contribution < 1.29 is 8.57 Å². The Morgan fingerprint density at radius 1 is 0.903 bits per heavy atom. The van der Waals surface area contributed by atoms with E-state index in [1.165, 1.54) is 23.4 Å². The summed E-state index contributed by atoms with van der Waals surface area (Å²) in [6.07, 6.45) is 5.90. The van der Waals surface area contributed by atoms with Crippen LogP contribution in [0.4, 0.5) is 4.39 Å². The Labute approximate surface area is 190 Å². The fourth-order valence-corrected chi connectivity index (χ4v) is 4.04. The SMILES string of the molecule is C=CCCc1ccc(-c2ccc(-c3ccc(CCCN(C)SOC)cc3)c(F)c2)cc1. The molecule has 0 atom stereocenters. The molecule has 0 fully saturated rings. The van der Waals surface area contributed by atoms with Gasteiger partial charge in [0.2, 0.25) is 0 Å². The minimum absolute atomic E-state index is 0.195. The minimum Gasteiger partial charge on any atom is -0.304 e. The van der Waals surface area contributed by atoms with Crippen LogP contribution in [0.15, 0.2) is 79.4 Å². The summed E-state index contributed by atoms with van der Waals surface area (Å²) in [6.45, 7) is 4.72. The highest BCUT2D eigenvalue weighted by Crippen LogP contribution is 2.29. The van der Waals surface area contributed by atoms with Crippen LogP contribution in [0.5, 0.6) is 0 Å². The molecule has 0 heterocycles. The summed E-state index contributed by atoms with van der Waals surface area (Å²) < 4.78 is 22.0. The Bertz CT molecular complexity index is 970. The summed E-state index contributed by atoms with van der Waals surface area (Å²) in [6, 6.07) is 22.0. The molecule has 3 aromatic rings. The van der Waals surface area contributed by atoms with Crippen molar-refractivity contribution in [3.8, 4) is 22.3 Å². The minimum atomic E-state index is -0.195. The van der Waals surface area contributed by atoms with E-state index in [0.717, 1.165) is 48.9 Å². The molecule has 0 spiro atoms. The fourth-order valence-electron chi connectivity index (χ4n) is 3.58. The van der Waals surface area contributed by atoms with Gasteiger partial charge >= 0.3 is 0 Å². The molecule has 0 saturated heterocycles. The van der Waals surface area contributed by atoms with Gasteiger partial charge in [-0.05, 0) is 66.6 Å². The van der Waals surface area contributed by atoms with Crippen LogP contribution in [0.1, 0.15) is 24.0 Å². The Hall–Kier alpha value is -2.40. The normalized spacial score (nSPS) is 11.1. The summed E-state index contributed by atoms with van der Waals surface area (Å²) in [7, 11) is 3.69. The van der Waals surface area contributed by atoms with Crippen molar-refractivity contribution in [1.82, 2.24) is 4.31 Å². The topological polar surface area (TPSA) is 12.5 Å². The zero-order chi connectivity index (χ0) is 22.1. The molecular formula is C27H30FNOS. The predicted molar refractivity (Wildman–Crippen MR) is 131 cm³/mol. The van der Waals surface area contributed by atoms with E-state index in [2.05, 4.69) is 47.3 Å². The third-order valence-corrected chi connectivity index (χ3v) is 5.88. The zero-order valence-electron chi connectivity index (χ0n) is 18.3. The van der Waals surface area contributed by atoms with Crippen molar-refractivity contribution in [1.29, 1.82) is 0 Å². The quantitative estimate of drug-likeness (QED) is 0.177. The first kappa shape index (κ1) is 23.3. The lowest BCUT2D eigenvalue weighted by Gasteiger charge is -2.13. The molecule has 31 heavy (non-hydrogen) atoms. The van der Waals surface area contributed by atoms with Crippen molar-refractivity contribution in [3.05, 3.63) is 96.3 Å². The van der Waals surface area contributed by atoms with E-state index in [4.69, 9.17) is 4.18 Å². The Kier molecular flexibility index (Phi) is 8.89. The van der Waals surface area contributed by atoms with E-state index in [1.807, 2.05) is 37.4 Å². The van der Waals surface area contributed by atoms with E-state index < -0.39 is 0 Å². The highest BCUT2D eigenvalue weighted by molar-refractivity contribution is 7.92. The molecule has 0 saturated carbocycles. The maximum atomic E-state index is 14.9. The number of halogens is 1. The van der Waals surface area contributed by atoms with Crippen molar-refractivity contribution in [2.75, 3.05) is 20.7 Å². The van der Waals surface area contributed by atoms with Crippen molar-refractivity contribution in [3.63, 3.8) is 0 Å². The number of benzene rings is 3. The third kappa shape index (κ3) is 6.79. The maximum absolute atomic E-state index is 14.9. The number of aryl methyl sites for hydroxylation is 2. The van der Waals surface area contributed by atoms with Crippen LogP contribution in [0.3, 0.4) is 0 Å². The number of allylic oxidation sites excluding steroid dienone is 1. The van der Waals surface area contributed by atoms with Crippen LogP contribution in [0.25, 0.3) is 22.3 Å². The van der Waals surface area contributed by atoms with Gasteiger partial charge in [0.1, 0.15) is 5.82 Å². The van der Waals surface area contributed by atoms with Crippen LogP contribution >= 0.6 is 12.2 Å². The highest BCUT2D eigenvalue weighted by Gasteiger charge is 2.08. The number of hydrogen-bond donors (Lipinski definition) is 0. The first-order valence-electron chi connectivity index (χ1n) is 10.6. The Morgan fingerprint density at radius 2 is 1.52 bits per heavy atom. The second-order valence-electron chi connectivity index (χ2n) is 7.61. The van der Waals surface area contributed by atoms with E-state index in [-0.39, 0.29) is 5.82 Å². The summed E-state index contributed by atoms with van der Waals surface area (Å²) in [5.41, 5.74) is 5.98. The number of hydrogen-bond acceptors (Lipinski definition) is 3. The van der Waals surface area contributed by atoms with Crippen LogP contribution < -0.4 is 0 Å². The summed E-state index contributed by atoms with van der Waals surface area (Å²) in [5, 5.41) is 0. The van der Waals surface area contributed by atoms with Gasteiger partial charge in [-0.2, -0.15) is 0 Å². The van der Waals surface area contributed by atoms with Gasteiger partial charge in [0.25, 0.3) is 0 Å². The van der Waals surface area contributed by atoms with E-state index in [0.29, 0.717) is 5.56 Å².